The van der Waals surface area contributed by atoms with E-state index in [1.165, 1.54) is 18.2 Å². The predicted molar refractivity (Wildman–Crippen MR) is 54.2 cm³/mol. The minimum atomic E-state index is -0.727. The summed E-state index contributed by atoms with van der Waals surface area (Å²) in [5.41, 5.74) is 0.511. The quantitative estimate of drug-likeness (QED) is 0.801. The van der Waals surface area contributed by atoms with Gasteiger partial charge in [0.25, 0.3) is 0 Å². The molecule has 0 saturated carbocycles. The third-order valence-corrected chi connectivity index (χ3v) is 1.91. The maximum Gasteiger partial charge on any atom is 0.128 e. The summed E-state index contributed by atoms with van der Waals surface area (Å²) in [6.07, 6.45) is -1.36. The van der Waals surface area contributed by atoms with Gasteiger partial charge in [-0.3, -0.25) is 0 Å². The summed E-state index contributed by atoms with van der Waals surface area (Å²) < 4.78 is 18.1. The molecule has 0 aromatic heterocycles. The lowest BCUT2D eigenvalue weighted by molar-refractivity contribution is 0.118. The first-order valence-corrected chi connectivity index (χ1v) is 4.79. The number of aliphatic hydroxyl groups excluding tert-OH is 2. The van der Waals surface area contributed by atoms with Crippen LogP contribution in [0.15, 0.2) is 18.2 Å². The molecule has 1 rings (SSSR count). The van der Waals surface area contributed by atoms with E-state index in [-0.39, 0.29) is 12.4 Å². The number of hydrogen-bond donors (Lipinski definition) is 2. The van der Waals surface area contributed by atoms with Crippen LogP contribution >= 0.6 is 0 Å². The van der Waals surface area contributed by atoms with Crippen LogP contribution in [0.4, 0.5) is 4.39 Å². The summed E-state index contributed by atoms with van der Waals surface area (Å²) in [5.74, 6) is -0.161. The summed E-state index contributed by atoms with van der Waals surface area (Å²) in [6.45, 7) is 3.22. The van der Waals surface area contributed by atoms with Gasteiger partial charge in [0.05, 0.1) is 12.2 Å². The summed E-state index contributed by atoms with van der Waals surface area (Å²) in [4.78, 5) is 0. The second-order valence-corrected chi connectivity index (χ2v) is 3.52. The Balaban J connectivity index is 2.87. The first-order chi connectivity index (χ1) is 7.00. The molecule has 3 nitrogen and oxygen atoms in total. The van der Waals surface area contributed by atoms with Crippen LogP contribution in [0.1, 0.15) is 25.5 Å². The number of halogens is 1. The minimum absolute atomic E-state index is 0.0726. The van der Waals surface area contributed by atoms with Gasteiger partial charge in [-0.05, 0) is 26.0 Å². The lowest BCUT2D eigenvalue weighted by Gasteiger charge is -2.14. The van der Waals surface area contributed by atoms with Gasteiger partial charge in [-0.2, -0.15) is 0 Å². The molecule has 84 valence electrons. The average molecular weight is 214 g/mol. The van der Waals surface area contributed by atoms with Crippen LogP contribution in [0.25, 0.3) is 0 Å². The Kier molecular flexibility index (Phi) is 4.05. The Morgan fingerprint density at radius 1 is 1.33 bits per heavy atom. The Bertz CT molecular complexity index is 324. The average Bonchev–Trinajstić information content (AvgIpc) is 2.14. The molecule has 15 heavy (non-hydrogen) atoms. The van der Waals surface area contributed by atoms with Gasteiger partial charge in [-0.15, -0.1) is 0 Å². The van der Waals surface area contributed by atoms with Gasteiger partial charge in [-0.25, -0.2) is 4.39 Å². The van der Waals surface area contributed by atoms with Crippen molar-refractivity contribution in [1.82, 2.24) is 0 Å². The van der Waals surface area contributed by atoms with Gasteiger partial charge in [0.2, 0.25) is 0 Å². The summed E-state index contributed by atoms with van der Waals surface area (Å²) in [5, 5.41) is 18.4. The largest absolute Gasteiger partial charge is 0.490 e. The van der Waals surface area contributed by atoms with E-state index >= 15 is 0 Å². The third kappa shape index (κ3) is 3.49. The van der Waals surface area contributed by atoms with Crippen molar-refractivity contribution in [3.8, 4) is 5.75 Å². The number of hydrogen-bond acceptors (Lipinski definition) is 3. The number of rotatable bonds is 4. The molecule has 0 heterocycles. The second kappa shape index (κ2) is 5.09. The zero-order valence-electron chi connectivity index (χ0n) is 8.77. The molecule has 2 N–H and O–H groups in total. The first-order valence-electron chi connectivity index (χ1n) is 4.79. The summed E-state index contributed by atoms with van der Waals surface area (Å²) >= 11 is 0. The smallest absolute Gasteiger partial charge is 0.128 e. The molecule has 0 aliphatic rings. The van der Waals surface area contributed by atoms with E-state index in [0.29, 0.717) is 5.56 Å². The highest BCUT2D eigenvalue weighted by Gasteiger charge is 2.10. The van der Waals surface area contributed by atoms with Crippen LogP contribution in [0, 0.1) is 5.82 Å². The molecule has 1 unspecified atom stereocenters. The lowest BCUT2D eigenvalue weighted by Crippen LogP contribution is -2.14. The van der Waals surface area contributed by atoms with Crippen molar-refractivity contribution in [3.05, 3.63) is 29.6 Å². The molecule has 1 aromatic carbocycles. The van der Waals surface area contributed by atoms with Crippen molar-refractivity contribution in [2.75, 3.05) is 6.61 Å². The zero-order valence-corrected chi connectivity index (χ0v) is 8.77. The molecule has 0 spiro atoms. The third-order valence-electron chi connectivity index (χ3n) is 1.91. The molecular weight excluding hydrogens is 199 g/mol. The van der Waals surface area contributed by atoms with Gasteiger partial charge in [-0.1, -0.05) is 0 Å². The molecule has 1 aromatic rings. The maximum absolute atomic E-state index is 12.9. The Morgan fingerprint density at radius 2 is 2.00 bits per heavy atom. The molecule has 0 bridgehead atoms. The van der Waals surface area contributed by atoms with E-state index < -0.39 is 18.0 Å². The minimum Gasteiger partial charge on any atom is -0.490 e. The van der Waals surface area contributed by atoms with E-state index in [1.54, 1.807) is 13.8 Å². The zero-order chi connectivity index (χ0) is 11.4. The van der Waals surface area contributed by atoms with Crippen molar-refractivity contribution in [2.24, 2.45) is 0 Å². The monoisotopic (exact) mass is 214 g/mol. The topological polar surface area (TPSA) is 49.7 Å². The SMILES string of the molecule is CC(O)COc1cc(F)ccc1[C@@H](C)O. The van der Waals surface area contributed by atoms with Gasteiger partial charge in [0, 0.05) is 11.6 Å². The van der Waals surface area contributed by atoms with Crippen molar-refractivity contribution in [2.45, 2.75) is 26.1 Å². The molecule has 0 amide bonds. The number of benzene rings is 1. The first kappa shape index (κ1) is 11.9. The highest BCUT2D eigenvalue weighted by molar-refractivity contribution is 5.35. The van der Waals surface area contributed by atoms with Gasteiger partial charge < -0.3 is 14.9 Å². The lowest BCUT2D eigenvalue weighted by atomic mass is 10.1. The number of ether oxygens (including phenoxy) is 1. The van der Waals surface area contributed by atoms with E-state index in [9.17, 15) is 9.50 Å². The standard InChI is InChI=1S/C11H15FO3/c1-7(13)6-15-11-5-9(12)3-4-10(11)8(2)14/h3-5,7-8,13-14H,6H2,1-2H3/t7?,8-/m1/s1. The second-order valence-electron chi connectivity index (χ2n) is 3.52. The maximum atomic E-state index is 12.9. The Labute approximate surface area is 88.1 Å². The normalized spacial score (nSPS) is 14.7. The molecule has 0 aliphatic carbocycles. The van der Waals surface area contributed by atoms with Gasteiger partial charge in [0.1, 0.15) is 18.2 Å². The highest BCUT2D eigenvalue weighted by atomic mass is 19.1. The van der Waals surface area contributed by atoms with Crippen LogP contribution < -0.4 is 4.74 Å². The predicted octanol–water partition coefficient (Wildman–Crippen LogP) is 1.64. The number of aliphatic hydroxyl groups is 2. The molecule has 0 saturated heterocycles. The fraction of sp³-hybridized carbons (Fsp3) is 0.455. The van der Waals surface area contributed by atoms with Crippen LogP contribution in [0.2, 0.25) is 0 Å². The molecule has 2 atom stereocenters. The Morgan fingerprint density at radius 3 is 2.53 bits per heavy atom. The molecular formula is C11H15FO3. The van der Waals surface area contributed by atoms with E-state index in [1.807, 2.05) is 0 Å². The van der Waals surface area contributed by atoms with Crippen LogP contribution in [-0.2, 0) is 0 Å². The van der Waals surface area contributed by atoms with Gasteiger partial charge >= 0.3 is 0 Å². The van der Waals surface area contributed by atoms with E-state index in [2.05, 4.69) is 0 Å². The van der Waals surface area contributed by atoms with Crippen molar-refractivity contribution in [1.29, 1.82) is 0 Å². The van der Waals surface area contributed by atoms with Crippen LogP contribution in [0.5, 0.6) is 5.75 Å². The van der Waals surface area contributed by atoms with E-state index in [0.717, 1.165) is 0 Å². The van der Waals surface area contributed by atoms with Crippen LogP contribution in [0.3, 0.4) is 0 Å². The molecule has 0 fully saturated rings. The van der Waals surface area contributed by atoms with Crippen LogP contribution in [-0.4, -0.2) is 22.9 Å². The van der Waals surface area contributed by atoms with Gasteiger partial charge in [0.15, 0.2) is 0 Å². The van der Waals surface area contributed by atoms with Crippen molar-refractivity contribution in [3.63, 3.8) is 0 Å². The van der Waals surface area contributed by atoms with E-state index in [4.69, 9.17) is 9.84 Å². The fourth-order valence-electron chi connectivity index (χ4n) is 1.19. The van der Waals surface area contributed by atoms with Crippen molar-refractivity contribution < 1.29 is 19.3 Å². The van der Waals surface area contributed by atoms with Crippen molar-refractivity contribution >= 4 is 0 Å². The fourth-order valence-corrected chi connectivity index (χ4v) is 1.19. The molecule has 0 aliphatic heterocycles. The molecule has 0 radical (unpaired) electrons. The highest BCUT2D eigenvalue weighted by Crippen LogP contribution is 2.25. The summed E-state index contributed by atoms with van der Waals surface area (Å²) in [7, 11) is 0. The molecule has 4 heteroatoms. The Hall–Kier alpha value is -1.13. The summed E-state index contributed by atoms with van der Waals surface area (Å²) in [6, 6.07) is 3.93.